The smallest absolute Gasteiger partial charge is 0.138 e. The van der Waals surface area contributed by atoms with Gasteiger partial charge >= 0.3 is 0 Å². The molecule has 0 amide bonds. The molecule has 0 aliphatic carbocycles. The third kappa shape index (κ3) is 2.17. The number of halogens is 2. The minimum Gasteiger partial charge on any atom is -0.495 e. The van der Waals surface area contributed by atoms with Crippen LogP contribution < -0.4 is 10.1 Å². The Morgan fingerprint density at radius 2 is 2.18 bits per heavy atom. The van der Waals surface area contributed by atoms with E-state index in [4.69, 9.17) is 16.3 Å². The van der Waals surface area contributed by atoms with Crippen molar-refractivity contribution in [3.8, 4) is 5.75 Å². The Morgan fingerprint density at radius 3 is 2.76 bits per heavy atom. The fourth-order valence-corrected chi connectivity index (χ4v) is 2.79. The van der Waals surface area contributed by atoms with Gasteiger partial charge in [-0.15, -0.1) is 0 Å². The number of aromatic amines is 1. The van der Waals surface area contributed by atoms with Gasteiger partial charge in [-0.05, 0) is 42.0 Å². The number of hydrogen-bond donors (Lipinski definition) is 2. The van der Waals surface area contributed by atoms with Gasteiger partial charge in [-0.2, -0.15) is 0 Å². The molecular formula is C12H14BrClN2O. The van der Waals surface area contributed by atoms with Crippen molar-refractivity contribution < 1.29 is 4.74 Å². The van der Waals surface area contributed by atoms with Crippen molar-refractivity contribution in [1.82, 2.24) is 10.3 Å². The summed E-state index contributed by atoms with van der Waals surface area (Å²) >= 11 is 9.71. The van der Waals surface area contributed by atoms with E-state index in [0.29, 0.717) is 10.8 Å². The molecule has 0 fully saturated rings. The van der Waals surface area contributed by atoms with Gasteiger partial charge < -0.3 is 15.0 Å². The fraction of sp³-hybridized carbons (Fsp3) is 0.333. The number of nitrogens with one attached hydrogen (secondary N) is 2. The monoisotopic (exact) mass is 316 g/mol. The molecule has 1 unspecified atom stereocenters. The number of ether oxygens (including phenoxy) is 1. The highest BCUT2D eigenvalue weighted by Crippen LogP contribution is 2.37. The topological polar surface area (TPSA) is 37.0 Å². The maximum atomic E-state index is 6.10. The normalized spacial score (nSPS) is 13.0. The summed E-state index contributed by atoms with van der Waals surface area (Å²) in [5, 5.41) is 4.88. The van der Waals surface area contributed by atoms with Crippen molar-refractivity contribution in [2.45, 2.75) is 13.0 Å². The molecule has 1 atom stereocenters. The average Bonchev–Trinajstić information content (AvgIpc) is 2.64. The molecule has 1 aromatic carbocycles. The van der Waals surface area contributed by atoms with Gasteiger partial charge in [-0.3, -0.25) is 0 Å². The van der Waals surface area contributed by atoms with E-state index in [1.54, 1.807) is 7.11 Å². The predicted octanol–water partition coefficient (Wildman–Crippen LogP) is 3.87. The van der Waals surface area contributed by atoms with E-state index in [-0.39, 0.29) is 6.04 Å². The fourth-order valence-electron chi connectivity index (χ4n) is 1.78. The highest BCUT2D eigenvalue weighted by molar-refractivity contribution is 9.10. The van der Waals surface area contributed by atoms with Crippen LogP contribution in [0.15, 0.2) is 16.6 Å². The molecule has 0 radical (unpaired) electrons. The molecule has 2 aromatic rings. The van der Waals surface area contributed by atoms with Crippen LogP contribution in [0.3, 0.4) is 0 Å². The van der Waals surface area contributed by atoms with Crippen LogP contribution in [0.5, 0.6) is 5.75 Å². The molecule has 0 aliphatic heterocycles. The maximum absolute atomic E-state index is 6.10. The number of aromatic nitrogens is 1. The SMILES string of the molecule is CNC(C)c1[nH]c2cc(Cl)c(OC)cc2c1Br. The summed E-state index contributed by atoms with van der Waals surface area (Å²) in [4.78, 5) is 3.36. The van der Waals surface area contributed by atoms with Crippen LogP contribution in [0.2, 0.25) is 5.02 Å². The molecule has 3 nitrogen and oxygen atoms in total. The van der Waals surface area contributed by atoms with Crippen molar-refractivity contribution in [2.24, 2.45) is 0 Å². The number of hydrogen-bond acceptors (Lipinski definition) is 2. The van der Waals surface area contributed by atoms with Gasteiger partial charge in [0, 0.05) is 27.1 Å². The Labute approximate surface area is 114 Å². The van der Waals surface area contributed by atoms with Gasteiger partial charge in [0.25, 0.3) is 0 Å². The third-order valence-electron chi connectivity index (χ3n) is 2.90. The van der Waals surface area contributed by atoms with E-state index in [2.05, 4.69) is 33.2 Å². The quantitative estimate of drug-likeness (QED) is 0.901. The van der Waals surface area contributed by atoms with Crippen molar-refractivity contribution in [2.75, 3.05) is 14.2 Å². The van der Waals surface area contributed by atoms with Gasteiger partial charge in [-0.25, -0.2) is 0 Å². The first-order chi connectivity index (χ1) is 8.08. The molecular weight excluding hydrogens is 304 g/mol. The number of benzene rings is 1. The molecule has 1 heterocycles. The maximum Gasteiger partial charge on any atom is 0.138 e. The molecule has 0 saturated heterocycles. The van der Waals surface area contributed by atoms with Gasteiger partial charge in [0.05, 0.1) is 12.1 Å². The van der Waals surface area contributed by atoms with E-state index < -0.39 is 0 Å². The molecule has 0 bridgehead atoms. The van der Waals surface area contributed by atoms with Crippen LogP contribution in [0.4, 0.5) is 0 Å². The highest BCUT2D eigenvalue weighted by atomic mass is 79.9. The van der Waals surface area contributed by atoms with Crippen LogP contribution in [-0.4, -0.2) is 19.1 Å². The Morgan fingerprint density at radius 1 is 1.47 bits per heavy atom. The van der Waals surface area contributed by atoms with E-state index >= 15 is 0 Å². The zero-order valence-corrected chi connectivity index (χ0v) is 12.2. The van der Waals surface area contributed by atoms with Crippen molar-refractivity contribution in [1.29, 1.82) is 0 Å². The largest absolute Gasteiger partial charge is 0.495 e. The second-order valence-corrected chi connectivity index (χ2v) is 5.10. The Balaban J connectivity index is 2.65. The van der Waals surface area contributed by atoms with Crippen LogP contribution in [-0.2, 0) is 0 Å². The summed E-state index contributed by atoms with van der Waals surface area (Å²) in [5.74, 6) is 0.683. The number of fused-ring (bicyclic) bond motifs is 1. The molecule has 0 saturated carbocycles. The predicted molar refractivity (Wildman–Crippen MR) is 75.0 cm³/mol. The second-order valence-electron chi connectivity index (χ2n) is 3.90. The first kappa shape index (κ1) is 12.7. The summed E-state index contributed by atoms with van der Waals surface area (Å²) in [5.41, 5.74) is 2.10. The lowest BCUT2D eigenvalue weighted by atomic mass is 10.2. The lowest BCUT2D eigenvalue weighted by Crippen LogP contribution is -2.12. The molecule has 92 valence electrons. The summed E-state index contributed by atoms with van der Waals surface area (Å²) in [6.07, 6.45) is 0. The van der Waals surface area contributed by atoms with E-state index in [0.717, 1.165) is 21.1 Å². The van der Waals surface area contributed by atoms with Gasteiger partial charge in [0.2, 0.25) is 0 Å². The molecule has 17 heavy (non-hydrogen) atoms. The summed E-state index contributed by atoms with van der Waals surface area (Å²) in [7, 11) is 3.54. The standard InChI is InChI=1S/C12H14BrClN2O/c1-6(15-2)12-11(13)7-4-10(17-3)8(14)5-9(7)16-12/h4-6,15-16H,1-3H3. The molecule has 2 rings (SSSR count). The van der Waals surface area contributed by atoms with Crippen LogP contribution >= 0.6 is 27.5 Å². The molecule has 2 N–H and O–H groups in total. The van der Waals surface area contributed by atoms with Crippen LogP contribution in [0.25, 0.3) is 10.9 Å². The lowest BCUT2D eigenvalue weighted by Gasteiger charge is -2.08. The second kappa shape index (κ2) is 4.88. The minimum absolute atomic E-state index is 0.238. The van der Waals surface area contributed by atoms with Gasteiger partial charge in [-0.1, -0.05) is 11.6 Å². The zero-order valence-electron chi connectivity index (χ0n) is 9.90. The molecule has 5 heteroatoms. The van der Waals surface area contributed by atoms with Crippen molar-refractivity contribution in [3.63, 3.8) is 0 Å². The molecule has 0 aliphatic rings. The Hall–Kier alpha value is -0.710. The first-order valence-electron chi connectivity index (χ1n) is 5.30. The minimum atomic E-state index is 0.238. The summed E-state index contributed by atoms with van der Waals surface area (Å²) < 4.78 is 6.27. The van der Waals surface area contributed by atoms with Gasteiger partial charge in [0.1, 0.15) is 5.75 Å². The number of rotatable bonds is 3. The molecule has 0 spiro atoms. The van der Waals surface area contributed by atoms with Gasteiger partial charge in [0.15, 0.2) is 0 Å². The van der Waals surface area contributed by atoms with Crippen LogP contribution in [0.1, 0.15) is 18.7 Å². The Kier molecular flexibility index (Phi) is 3.66. The van der Waals surface area contributed by atoms with E-state index in [1.165, 1.54) is 0 Å². The Bertz CT molecular complexity index is 553. The zero-order chi connectivity index (χ0) is 12.6. The summed E-state index contributed by atoms with van der Waals surface area (Å²) in [6.45, 7) is 2.09. The van der Waals surface area contributed by atoms with Crippen molar-refractivity contribution >= 4 is 38.4 Å². The van der Waals surface area contributed by atoms with E-state index in [9.17, 15) is 0 Å². The van der Waals surface area contributed by atoms with E-state index in [1.807, 2.05) is 19.2 Å². The summed E-state index contributed by atoms with van der Waals surface area (Å²) in [6, 6.07) is 4.05. The van der Waals surface area contributed by atoms with Crippen LogP contribution in [0, 0.1) is 0 Å². The number of methoxy groups -OCH3 is 1. The highest BCUT2D eigenvalue weighted by Gasteiger charge is 2.15. The first-order valence-corrected chi connectivity index (χ1v) is 6.47. The third-order valence-corrected chi connectivity index (χ3v) is 4.05. The lowest BCUT2D eigenvalue weighted by molar-refractivity contribution is 0.415. The number of H-pyrrole nitrogens is 1. The molecule has 1 aromatic heterocycles. The average molecular weight is 318 g/mol. The van der Waals surface area contributed by atoms with Crippen molar-refractivity contribution in [3.05, 3.63) is 27.3 Å².